The number of aromatic hydroxyl groups is 1. The highest BCUT2D eigenvalue weighted by atomic mass is 32.2. The molecule has 0 heterocycles. The Morgan fingerprint density at radius 3 is 2.28 bits per heavy atom. The fourth-order valence-electron chi connectivity index (χ4n) is 2.75. The smallest absolute Gasteiger partial charge is 0.241 e. The number of para-hydroxylation sites is 2. The molecule has 0 aliphatic heterocycles. The largest absolute Gasteiger partial charge is 0.506 e. The molecule has 0 unspecified atom stereocenters. The van der Waals surface area contributed by atoms with Crippen LogP contribution in [0.25, 0.3) is 0 Å². The highest BCUT2D eigenvalue weighted by molar-refractivity contribution is 7.89. The maximum atomic E-state index is 12.5. The van der Waals surface area contributed by atoms with Crippen LogP contribution in [0.15, 0.2) is 41.3 Å². The predicted molar refractivity (Wildman–Crippen MR) is 97.2 cm³/mol. The molecule has 134 valence electrons. The Balaban J connectivity index is 1.99. The minimum absolute atomic E-state index is 0.0332. The van der Waals surface area contributed by atoms with Gasteiger partial charge in [-0.25, -0.2) is 13.1 Å². The van der Waals surface area contributed by atoms with Gasteiger partial charge in [-0.1, -0.05) is 29.8 Å². The molecule has 1 amide bonds. The van der Waals surface area contributed by atoms with Crippen LogP contribution in [0.4, 0.5) is 5.69 Å². The summed E-state index contributed by atoms with van der Waals surface area (Å²) in [6.07, 6.45) is -0.0441. The first kappa shape index (κ1) is 19.0. The molecule has 0 radical (unpaired) electrons. The molecule has 2 aromatic rings. The van der Waals surface area contributed by atoms with Gasteiger partial charge >= 0.3 is 0 Å². The number of anilines is 1. The van der Waals surface area contributed by atoms with Crippen molar-refractivity contribution in [3.05, 3.63) is 53.1 Å². The van der Waals surface area contributed by atoms with Gasteiger partial charge in [-0.2, -0.15) is 0 Å². The monoisotopic (exact) mass is 362 g/mol. The van der Waals surface area contributed by atoms with Crippen molar-refractivity contribution in [3.8, 4) is 5.75 Å². The molecule has 0 atom stereocenters. The minimum Gasteiger partial charge on any atom is -0.506 e. The molecule has 0 spiro atoms. The first-order valence-electron chi connectivity index (χ1n) is 7.86. The number of aryl methyl sites for hydroxylation is 3. The van der Waals surface area contributed by atoms with Gasteiger partial charge in [0, 0.05) is 13.0 Å². The Kier molecular flexibility index (Phi) is 5.81. The van der Waals surface area contributed by atoms with E-state index < -0.39 is 10.0 Å². The van der Waals surface area contributed by atoms with Gasteiger partial charge in [-0.05, 0) is 44.0 Å². The molecule has 0 aromatic heterocycles. The van der Waals surface area contributed by atoms with Crippen molar-refractivity contribution >= 4 is 21.6 Å². The van der Waals surface area contributed by atoms with E-state index in [0.717, 1.165) is 5.56 Å². The van der Waals surface area contributed by atoms with Crippen LogP contribution in [-0.4, -0.2) is 26.0 Å². The number of rotatable bonds is 6. The van der Waals surface area contributed by atoms with Crippen LogP contribution in [0.3, 0.4) is 0 Å². The number of amides is 1. The third-order valence-electron chi connectivity index (χ3n) is 3.70. The molecule has 25 heavy (non-hydrogen) atoms. The lowest BCUT2D eigenvalue weighted by Gasteiger charge is -2.13. The van der Waals surface area contributed by atoms with E-state index in [1.165, 1.54) is 6.07 Å². The van der Waals surface area contributed by atoms with Crippen molar-refractivity contribution in [2.75, 3.05) is 11.9 Å². The summed E-state index contributed by atoms with van der Waals surface area (Å²) in [6.45, 7) is 5.38. The number of phenols is 1. The number of nitrogens with one attached hydrogen (secondary N) is 2. The Morgan fingerprint density at radius 2 is 1.68 bits per heavy atom. The number of hydrogen-bond donors (Lipinski definition) is 3. The van der Waals surface area contributed by atoms with Crippen molar-refractivity contribution in [1.82, 2.24) is 4.72 Å². The summed E-state index contributed by atoms with van der Waals surface area (Å²) in [7, 11) is -3.69. The highest BCUT2D eigenvalue weighted by Gasteiger charge is 2.19. The van der Waals surface area contributed by atoms with E-state index in [-0.39, 0.29) is 29.5 Å². The molecular formula is C18H22N2O4S. The molecule has 3 N–H and O–H groups in total. The molecule has 0 bridgehead atoms. The number of carbonyl (C=O) groups is 1. The standard InChI is InChI=1S/C18H22N2O4S/c1-12-10-13(2)18(14(3)11-12)25(23,24)19-9-8-17(22)20-15-6-4-5-7-16(15)21/h4-7,10-11,19,21H,8-9H2,1-3H3,(H,20,22). The zero-order valence-electron chi connectivity index (χ0n) is 14.5. The molecular weight excluding hydrogens is 340 g/mol. The van der Waals surface area contributed by atoms with Crippen LogP contribution in [-0.2, 0) is 14.8 Å². The summed E-state index contributed by atoms with van der Waals surface area (Å²) in [5.41, 5.74) is 2.63. The predicted octanol–water partition coefficient (Wildman–Crippen LogP) is 2.62. The van der Waals surface area contributed by atoms with Gasteiger partial charge in [0.15, 0.2) is 0 Å². The van der Waals surface area contributed by atoms with Gasteiger partial charge in [0.05, 0.1) is 10.6 Å². The minimum atomic E-state index is -3.69. The first-order chi connectivity index (χ1) is 11.7. The Hall–Kier alpha value is -2.38. The molecule has 2 rings (SSSR count). The Labute approximate surface area is 147 Å². The first-order valence-corrected chi connectivity index (χ1v) is 9.34. The maximum absolute atomic E-state index is 12.5. The normalized spacial score (nSPS) is 11.3. The van der Waals surface area contributed by atoms with Gasteiger partial charge in [0.25, 0.3) is 0 Å². The van der Waals surface area contributed by atoms with Crippen LogP contribution in [0.1, 0.15) is 23.1 Å². The summed E-state index contributed by atoms with van der Waals surface area (Å²) in [5.74, 6) is -0.427. The number of carbonyl (C=O) groups excluding carboxylic acids is 1. The Bertz CT molecular complexity index is 869. The molecule has 0 saturated carbocycles. The van der Waals surface area contributed by atoms with E-state index in [1.54, 1.807) is 32.0 Å². The van der Waals surface area contributed by atoms with E-state index in [2.05, 4.69) is 10.0 Å². The number of phenolic OH excluding ortho intramolecular Hbond substituents is 1. The summed E-state index contributed by atoms with van der Waals surface area (Å²) >= 11 is 0. The lowest BCUT2D eigenvalue weighted by atomic mass is 10.1. The number of hydrogen-bond acceptors (Lipinski definition) is 4. The average molecular weight is 362 g/mol. The summed E-state index contributed by atoms with van der Waals surface area (Å²) in [5, 5.41) is 12.2. The molecule has 2 aromatic carbocycles. The summed E-state index contributed by atoms with van der Waals surface area (Å²) in [6, 6.07) is 9.98. The molecule has 0 aliphatic rings. The topological polar surface area (TPSA) is 95.5 Å². The molecule has 0 aliphatic carbocycles. The quantitative estimate of drug-likeness (QED) is 0.688. The Morgan fingerprint density at radius 1 is 1.08 bits per heavy atom. The van der Waals surface area contributed by atoms with Crippen molar-refractivity contribution in [2.24, 2.45) is 0 Å². The second-order valence-electron chi connectivity index (χ2n) is 5.94. The van der Waals surface area contributed by atoms with Crippen molar-refractivity contribution in [1.29, 1.82) is 0 Å². The average Bonchev–Trinajstić information content (AvgIpc) is 2.48. The second-order valence-corrected chi connectivity index (χ2v) is 7.64. The van der Waals surface area contributed by atoms with Crippen LogP contribution in [0.5, 0.6) is 5.75 Å². The fourth-order valence-corrected chi connectivity index (χ4v) is 4.23. The highest BCUT2D eigenvalue weighted by Crippen LogP contribution is 2.22. The van der Waals surface area contributed by atoms with Crippen LogP contribution in [0.2, 0.25) is 0 Å². The van der Waals surface area contributed by atoms with Gasteiger partial charge in [0.2, 0.25) is 15.9 Å². The van der Waals surface area contributed by atoms with Crippen LogP contribution < -0.4 is 10.0 Å². The number of benzene rings is 2. The van der Waals surface area contributed by atoms with Crippen molar-refractivity contribution in [2.45, 2.75) is 32.1 Å². The van der Waals surface area contributed by atoms with Gasteiger partial charge in [0.1, 0.15) is 5.75 Å². The molecule has 0 saturated heterocycles. The maximum Gasteiger partial charge on any atom is 0.241 e. The van der Waals surface area contributed by atoms with E-state index >= 15 is 0 Å². The molecule has 6 nitrogen and oxygen atoms in total. The van der Waals surface area contributed by atoms with E-state index in [0.29, 0.717) is 16.8 Å². The van der Waals surface area contributed by atoms with E-state index in [9.17, 15) is 18.3 Å². The third kappa shape index (κ3) is 4.80. The SMILES string of the molecule is Cc1cc(C)c(S(=O)(=O)NCCC(=O)Nc2ccccc2O)c(C)c1. The lowest BCUT2D eigenvalue weighted by molar-refractivity contribution is -0.116. The third-order valence-corrected chi connectivity index (χ3v) is 5.46. The molecule has 7 heteroatoms. The fraction of sp³-hybridized carbons (Fsp3) is 0.278. The van der Waals surface area contributed by atoms with Gasteiger partial charge in [-0.15, -0.1) is 0 Å². The van der Waals surface area contributed by atoms with Crippen LogP contribution >= 0.6 is 0 Å². The van der Waals surface area contributed by atoms with Gasteiger partial charge in [-0.3, -0.25) is 4.79 Å². The number of sulfonamides is 1. The van der Waals surface area contributed by atoms with Crippen molar-refractivity contribution < 1.29 is 18.3 Å². The summed E-state index contributed by atoms with van der Waals surface area (Å²) < 4.78 is 27.4. The second kappa shape index (κ2) is 7.67. The van der Waals surface area contributed by atoms with Crippen LogP contribution in [0, 0.1) is 20.8 Å². The zero-order valence-corrected chi connectivity index (χ0v) is 15.3. The van der Waals surface area contributed by atoms with E-state index in [4.69, 9.17) is 0 Å². The molecule has 0 fully saturated rings. The van der Waals surface area contributed by atoms with E-state index in [1.807, 2.05) is 19.1 Å². The van der Waals surface area contributed by atoms with Gasteiger partial charge < -0.3 is 10.4 Å². The zero-order chi connectivity index (χ0) is 18.6. The summed E-state index contributed by atoms with van der Waals surface area (Å²) in [4.78, 5) is 12.2. The van der Waals surface area contributed by atoms with Crippen molar-refractivity contribution in [3.63, 3.8) is 0 Å². The lowest BCUT2D eigenvalue weighted by Crippen LogP contribution is -2.29.